The molecular weight excluding hydrogens is 430 g/mol. The molecule has 6 heteroatoms. The van der Waals surface area contributed by atoms with E-state index in [2.05, 4.69) is 64.1 Å². The van der Waals surface area contributed by atoms with Gasteiger partial charge in [0.15, 0.2) is 0 Å². The topological polar surface area (TPSA) is 61.4 Å². The quantitative estimate of drug-likeness (QED) is 0.493. The summed E-state index contributed by atoms with van der Waals surface area (Å²) in [5.41, 5.74) is 6.95. The number of carbonyl (C=O) groups is 2. The number of fused-ring (bicyclic) bond motifs is 1. The minimum absolute atomic E-state index is 0.0684. The van der Waals surface area contributed by atoms with E-state index in [1.807, 2.05) is 31.2 Å². The number of nitrogens with zero attached hydrogens (tertiary/aromatic N) is 1. The Labute approximate surface area is 199 Å². The molecule has 5 nitrogen and oxygen atoms in total. The summed E-state index contributed by atoms with van der Waals surface area (Å²) in [6.07, 6.45) is 1.10. The van der Waals surface area contributed by atoms with Gasteiger partial charge in [-0.15, -0.1) is 11.8 Å². The summed E-state index contributed by atoms with van der Waals surface area (Å²) in [7, 11) is 0. The van der Waals surface area contributed by atoms with Crippen LogP contribution in [-0.2, 0) is 29.1 Å². The van der Waals surface area contributed by atoms with E-state index in [-0.39, 0.29) is 23.3 Å². The average Bonchev–Trinajstić information content (AvgIpc) is 3.21. The van der Waals surface area contributed by atoms with Crippen molar-refractivity contribution in [1.29, 1.82) is 0 Å². The molecule has 0 saturated carbocycles. The van der Waals surface area contributed by atoms with Gasteiger partial charge < -0.3 is 15.5 Å². The number of rotatable bonds is 9. The van der Waals surface area contributed by atoms with Crippen LogP contribution in [-0.4, -0.2) is 29.9 Å². The summed E-state index contributed by atoms with van der Waals surface area (Å²) < 4.78 is 0. The van der Waals surface area contributed by atoms with Crippen LogP contribution in [0, 0.1) is 6.92 Å². The minimum Gasteiger partial charge on any atom is -0.367 e. The largest absolute Gasteiger partial charge is 0.367 e. The smallest absolute Gasteiger partial charge is 0.234 e. The maximum Gasteiger partial charge on any atom is 0.234 e. The lowest BCUT2D eigenvalue weighted by atomic mass is 10.1. The van der Waals surface area contributed by atoms with Crippen molar-refractivity contribution in [2.24, 2.45) is 0 Å². The maximum absolute atomic E-state index is 12.1. The molecule has 0 unspecified atom stereocenters. The van der Waals surface area contributed by atoms with Crippen molar-refractivity contribution in [2.45, 2.75) is 26.4 Å². The summed E-state index contributed by atoms with van der Waals surface area (Å²) in [4.78, 5) is 26.6. The number of amides is 2. The molecule has 3 aromatic rings. The van der Waals surface area contributed by atoms with E-state index in [9.17, 15) is 9.59 Å². The zero-order valence-electron chi connectivity index (χ0n) is 18.8. The molecule has 0 saturated heterocycles. The molecule has 0 spiro atoms. The predicted molar refractivity (Wildman–Crippen MR) is 137 cm³/mol. The third-order valence-corrected chi connectivity index (χ3v) is 6.57. The Balaban J connectivity index is 1.16. The normalized spacial score (nSPS) is 12.3. The minimum atomic E-state index is -0.102. The van der Waals surface area contributed by atoms with Crippen LogP contribution in [0.1, 0.15) is 22.3 Å². The molecule has 0 aromatic heterocycles. The van der Waals surface area contributed by atoms with Crippen LogP contribution in [0.15, 0.2) is 72.8 Å². The first kappa shape index (κ1) is 22.9. The summed E-state index contributed by atoms with van der Waals surface area (Å²) in [6, 6.07) is 24.7. The first-order valence-corrected chi connectivity index (χ1v) is 12.3. The predicted octanol–water partition coefficient (Wildman–Crippen LogP) is 4.55. The maximum atomic E-state index is 12.1. The van der Waals surface area contributed by atoms with Gasteiger partial charge in [0.2, 0.25) is 11.8 Å². The van der Waals surface area contributed by atoms with E-state index in [1.54, 1.807) is 0 Å². The number of hydrogen-bond acceptors (Lipinski definition) is 4. The van der Waals surface area contributed by atoms with E-state index in [0.29, 0.717) is 6.54 Å². The van der Waals surface area contributed by atoms with Crippen molar-refractivity contribution in [1.82, 2.24) is 5.32 Å². The number of para-hydroxylation sites is 1. The Morgan fingerprint density at radius 2 is 1.67 bits per heavy atom. The molecule has 3 aromatic carbocycles. The zero-order chi connectivity index (χ0) is 23.0. The second kappa shape index (κ2) is 11.1. The fourth-order valence-electron chi connectivity index (χ4n) is 3.96. The lowest BCUT2D eigenvalue weighted by Crippen LogP contribution is -2.25. The van der Waals surface area contributed by atoms with Gasteiger partial charge in [-0.3, -0.25) is 9.59 Å². The van der Waals surface area contributed by atoms with Crippen molar-refractivity contribution >= 4 is 35.0 Å². The molecule has 0 fully saturated rings. The standard InChI is InChI=1S/C27H29N3O2S/c1-20-5-4-7-24(15-20)29-27(32)19-33-18-26(31)28-16-21-9-11-22(12-10-21)17-30-14-13-23-6-2-3-8-25(23)30/h2-12,15H,13-14,16-19H2,1H3,(H,28,31)(H,29,32). The van der Waals surface area contributed by atoms with E-state index in [4.69, 9.17) is 0 Å². The van der Waals surface area contributed by atoms with Crippen LogP contribution >= 0.6 is 11.8 Å². The van der Waals surface area contributed by atoms with Gasteiger partial charge in [-0.1, -0.05) is 54.6 Å². The van der Waals surface area contributed by atoms with E-state index >= 15 is 0 Å². The summed E-state index contributed by atoms with van der Waals surface area (Å²) in [5, 5.41) is 5.79. The summed E-state index contributed by atoms with van der Waals surface area (Å²) >= 11 is 1.31. The molecule has 1 aliphatic rings. The molecule has 0 atom stereocenters. The molecule has 0 aliphatic carbocycles. The van der Waals surface area contributed by atoms with E-state index < -0.39 is 0 Å². The average molecular weight is 460 g/mol. The number of aryl methyl sites for hydroxylation is 1. The van der Waals surface area contributed by atoms with Crippen molar-refractivity contribution in [3.63, 3.8) is 0 Å². The van der Waals surface area contributed by atoms with Crippen LogP contribution in [0.5, 0.6) is 0 Å². The first-order chi connectivity index (χ1) is 16.1. The Morgan fingerprint density at radius 3 is 2.48 bits per heavy atom. The molecule has 4 rings (SSSR count). The Bertz CT molecular complexity index is 1110. The van der Waals surface area contributed by atoms with Crippen LogP contribution in [0.25, 0.3) is 0 Å². The molecular formula is C27H29N3O2S. The highest BCUT2D eigenvalue weighted by Crippen LogP contribution is 2.28. The molecule has 33 heavy (non-hydrogen) atoms. The number of benzene rings is 3. The molecule has 1 aliphatic heterocycles. The third-order valence-electron chi connectivity index (χ3n) is 5.64. The van der Waals surface area contributed by atoms with Crippen LogP contribution in [0.2, 0.25) is 0 Å². The SMILES string of the molecule is Cc1cccc(NC(=O)CSCC(=O)NCc2ccc(CN3CCc4ccccc43)cc2)c1. The highest BCUT2D eigenvalue weighted by molar-refractivity contribution is 8.00. The Morgan fingerprint density at radius 1 is 0.909 bits per heavy atom. The number of thioether (sulfide) groups is 1. The van der Waals surface area contributed by atoms with Crippen LogP contribution in [0.3, 0.4) is 0 Å². The monoisotopic (exact) mass is 459 g/mol. The van der Waals surface area contributed by atoms with Crippen LogP contribution < -0.4 is 15.5 Å². The fraction of sp³-hybridized carbons (Fsp3) is 0.259. The highest BCUT2D eigenvalue weighted by atomic mass is 32.2. The van der Waals surface area contributed by atoms with Crippen molar-refractivity contribution < 1.29 is 9.59 Å². The van der Waals surface area contributed by atoms with Gasteiger partial charge in [0.25, 0.3) is 0 Å². The van der Waals surface area contributed by atoms with Gasteiger partial charge in [-0.05, 0) is 53.8 Å². The zero-order valence-corrected chi connectivity index (χ0v) is 19.7. The van der Waals surface area contributed by atoms with Gasteiger partial charge >= 0.3 is 0 Å². The van der Waals surface area contributed by atoms with Crippen LogP contribution in [0.4, 0.5) is 11.4 Å². The molecule has 170 valence electrons. The van der Waals surface area contributed by atoms with Crippen molar-refractivity contribution in [3.05, 3.63) is 95.1 Å². The molecule has 2 N–H and O–H groups in total. The lowest BCUT2D eigenvalue weighted by molar-refractivity contribution is -0.118. The van der Waals surface area contributed by atoms with Gasteiger partial charge in [-0.2, -0.15) is 0 Å². The van der Waals surface area contributed by atoms with E-state index in [1.165, 1.54) is 28.6 Å². The Hall–Kier alpha value is -3.25. The number of carbonyl (C=O) groups excluding carboxylic acids is 2. The van der Waals surface area contributed by atoms with Gasteiger partial charge in [0.1, 0.15) is 0 Å². The fourth-order valence-corrected chi connectivity index (χ4v) is 4.61. The first-order valence-electron chi connectivity index (χ1n) is 11.2. The van der Waals surface area contributed by atoms with Crippen molar-refractivity contribution in [3.8, 4) is 0 Å². The Kier molecular flexibility index (Phi) is 7.68. The molecule has 0 bridgehead atoms. The van der Waals surface area contributed by atoms with Gasteiger partial charge in [-0.25, -0.2) is 0 Å². The molecule has 2 amide bonds. The summed E-state index contributed by atoms with van der Waals surface area (Å²) in [6.45, 7) is 4.42. The number of hydrogen-bond donors (Lipinski definition) is 2. The number of anilines is 2. The second-order valence-corrected chi connectivity index (χ2v) is 9.29. The van der Waals surface area contributed by atoms with Gasteiger partial charge in [0.05, 0.1) is 11.5 Å². The second-order valence-electron chi connectivity index (χ2n) is 8.30. The summed E-state index contributed by atoms with van der Waals surface area (Å²) in [5.74, 6) is 0.333. The number of nitrogens with one attached hydrogen (secondary N) is 2. The molecule has 1 heterocycles. The van der Waals surface area contributed by atoms with Crippen molar-refractivity contribution in [2.75, 3.05) is 28.3 Å². The van der Waals surface area contributed by atoms with Gasteiger partial charge in [0, 0.05) is 31.0 Å². The lowest BCUT2D eigenvalue weighted by Gasteiger charge is -2.19. The third kappa shape index (κ3) is 6.62. The molecule has 0 radical (unpaired) electrons. The highest BCUT2D eigenvalue weighted by Gasteiger charge is 2.18. The van der Waals surface area contributed by atoms with E-state index in [0.717, 1.165) is 36.3 Å².